The fourth-order valence-corrected chi connectivity index (χ4v) is 2.38. The van der Waals surface area contributed by atoms with Gasteiger partial charge in [0.05, 0.1) is 11.4 Å². The first-order chi connectivity index (χ1) is 9.58. The summed E-state index contributed by atoms with van der Waals surface area (Å²) in [5, 5.41) is 0. The van der Waals surface area contributed by atoms with Crippen LogP contribution in [0, 0.1) is 13.8 Å². The number of rotatable bonds is 1. The number of hydrogen-bond acceptors (Lipinski definition) is 2. The third-order valence-corrected chi connectivity index (χ3v) is 3.76. The van der Waals surface area contributed by atoms with Crippen LogP contribution in [-0.2, 0) is 4.79 Å². The number of amides is 1. The minimum absolute atomic E-state index is 0.0515. The van der Waals surface area contributed by atoms with Crippen molar-refractivity contribution in [1.82, 2.24) is 0 Å². The summed E-state index contributed by atoms with van der Waals surface area (Å²) in [5.74, 6) is -0.0515. The van der Waals surface area contributed by atoms with E-state index in [2.05, 4.69) is 18.8 Å². The van der Waals surface area contributed by atoms with Gasteiger partial charge in [0.1, 0.15) is 5.71 Å². The molecule has 3 nitrogen and oxygen atoms in total. The van der Waals surface area contributed by atoms with E-state index in [0.29, 0.717) is 5.71 Å². The van der Waals surface area contributed by atoms with Crippen LogP contribution in [0.1, 0.15) is 16.7 Å². The summed E-state index contributed by atoms with van der Waals surface area (Å²) in [7, 11) is 1.78. The van der Waals surface area contributed by atoms with Gasteiger partial charge >= 0.3 is 0 Å². The van der Waals surface area contributed by atoms with Crippen LogP contribution in [0.4, 0.5) is 11.4 Å². The average molecular weight is 264 g/mol. The van der Waals surface area contributed by atoms with Crippen LogP contribution in [0.3, 0.4) is 0 Å². The number of anilines is 1. The molecular formula is C17H16N2O. The number of aliphatic imine (C=N–C) groups is 1. The molecule has 20 heavy (non-hydrogen) atoms. The van der Waals surface area contributed by atoms with Crippen LogP contribution in [0.5, 0.6) is 0 Å². The quantitative estimate of drug-likeness (QED) is 0.777. The van der Waals surface area contributed by atoms with Crippen LogP contribution in [-0.4, -0.2) is 18.7 Å². The standard InChI is InChI=1S/C17H16N2O/c1-11-8-9-13(10-12(11)2)18-16-14-6-4-5-7-15(14)19(3)17(16)20/h4-10H,1-3H3. The summed E-state index contributed by atoms with van der Waals surface area (Å²) in [6.45, 7) is 4.12. The summed E-state index contributed by atoms with van der Waals surface area (Å²) >= 11 is 0. The van der Waals surface area contributed by atoms with Crippen molar-refractivity contribution >= 4 is 23.0 Å². The molecular weight excluding hydrogens is 248 g/mol. The monoisotopic (exact) mass is 264 g/mol. The van der Waals surface area contributed by atoms with Gasteiger partial charge in [-0.05, 0) is 43.2 Å². The molecule has 2 aromatic carbocycles. The smallest absolute Gasteiger partial charge is 0.277 e. The highest BCUT2D eigenvalue weighted by Crippen LogP contribution is 2.29. The first-order valence-corrected chi connectivity index (χ1v) is 6.61. The molecule has 3 heteroatoms. The molecule has 2 aromatic rings. The summed E-state index contributed by atoms with van der Waals surface area (Å²) in [5.41, 5.74) is 5.56. The number of nitrogens with zero attached hydrogens (tertiary/aromatic N) is 2. The van der Waals surface area contributed by atoms with E-state index in [-0.39, 0.29) is 5.91 Å². The Balaban J connectivity index is 2.12. The molecule has 0 saturated carbocycles. The molecule has 0 aromatic heterocycles. The van der Waals surface area contributed by atoms with Gasteiger partial charge in [-0.15, -0.1) is 0 Å². The Morgan fingerprint density at radius 2 is 1.75 bits per heavy atom. The Kier molecular flexibility index (Phi) is 2.90. The number of benzene rings is 2. The minimum Gasteiger partial charge on any atom is -0.309 e. The molecule has 1 aliphatic heterocycles. The van der Waals surface area contributed by atoms with Gasteiger partial charge in [0.2, 0.25) is 0 Å². The van der Waals surface area contributed by atoms with Crippen molar-refractivity contribution in [2.45, 2.75) is 13.8 Å². The topological polar surface area (TPSA) is 32.7 Å². The number of hydrogen-bond donors (Lipinski definition) is 0. The molecule has 0 aliphatic carbocycles. The first kappa shape index (κ1) is 12.6. The third-order valence-electron chi connectivity index (χ3n) is 3.76. The van der Waals surface area contributed by atoms with E-state index < -0.39 is 0 Å². The van der Waals surface area contributed by atoms with Gasteiger partial charge < -0.3 is 4.90 Å². The lowest BCUT2D eigenvalue weighted by Gasteiger charge is -2.07. The number of carbonyl (C=O) groups is 1. The molecule has 100 valence electrons. The SMILES string of the molecule is Cc1ccc(N=C2C(=O)N(C)c3ccccc32)cc1C. The van der Waals surface area contributed by atoms with E-state index in [1.807, 2.05) is 42.5 Å². The highest BCUT2D eigenvalue weighted by Gasteiger charge is 2.30. The maximum atomic E-state index is 12.3. The summed E-state index contributed by atoms with van der Waals surface area (Å²) in [4.78, 5) is 18.5. The molecule has 0 unspecified atom stereocenters. The van der Waals surface area contributed by atoms with Crippen LogP contribution >= 0.6 is 0 Å². The van der Waals surface area contributed by atoms with E-state index in [1.54, 1.807) is 11.9 Å². The van der Waals surface area contributed by atoms with E-state index in [1.165, 1.54) is 11.1 Å². The Morgan fingerprint density at radius 3 is 2.50 bits per heavy atom. The van der Waals surface area contributed by atoms with Crippen molar-refractivity contribution in [3.05, 3.63) is 59.2 Å². The zero-order valence-corrected chi connectivity index (χ0v) is 11.8. The molecule has 0 saturated heterocycles. The molecule has 0 radical (unpaired) electrons. The van der Waals surface area contributed by atoms with Gasteiger partial charge in [-0.2, -0.15) is 0 Å². The largest absolute Gasteiger partial charge is 0.309 e. The van der Waals surface area contributed by atoms with Crippen LogP contribution < -0.4 is 4.90 Å². The predicted molar refractivity (Wildman–Crippen MR) is 82.0 cm³/mol. The predicted octanol–water partition coefficient (Wildman–Crippen LogP) is 3.40. The number of fused-ring (bicyclic) bond motifs is 1. The van der Waals surface area contributed by atoms with Crippen molar-refractivity contribution in [3.63, 3.8) is 0 Å². The van der Waals surface area contributed by atoms with Crippen molar-refractivity contribution in [2.24, 2.45) is 4.99 Å². The molecule has 0 fully saturated rings. The van der Waals surface area contributed by atoms with Crippen molar-refractivity contribution in [2.75, 3.05) is 11.9 Å². The lowest BCUT2D eigenvalue weighted by atomic mass is 10.1. The van der Waals surface area contributed by atoms with Crippen molar-refractivity contribution < 1.29 is 4.79 Å². The Hall–Kier alpha value is -2.42. The minimum atomic E-state index is -0.0515. The molecule has 1 amide bonds. The normalized spacial score (nSPS) is 15.8. The molecule has 0 N–H and O–H groups in total. The molecule has 1 heterocycles. The fraction of sp³-hybridized carbons (Fsp3) is 0.176. The number of carbonyl (C=O) groups excluding carboxylic acids is 1. The molecule has 1 aliphatic rings. The van der Waals surface area contributed by atoms with Crippen LogP contribution in [0.25, 0.3) is 0 Å². The maximum Gasteiger partial charge on any atom is 0.277 e. The molecule has 0 atom stereocenters. The van der Waals surface area contributed by atoms with E-state index in [4.69, 9.17) is 0 Å². The van der Waals surface area contributed by atoms with Crippen molar-refractivity contribution in [3.8, 4) is 0 Å². The zero-order chi connectivity index (χ0) is 14.3. The number of aryl methyl sites for hydroxylation is 2. The van der Waals surface area contributed by atoms with E-state index in [9.17, 15) is 4.79 Å². The van der Waals surface area contributed by atoms with Gasteiger partial charge in [-0.3, -0.25) is 4.79 Å². The van der Waals surface area contributed by atoms with Gasteiger partial charge in [0.15, 0.2) is 0 Å². The lowest BCUT2D eigenvalue weighted by molar-refractivity contribution is -0.111. The fourth-order valence-electron chi connectivity index (χ4n) is 2.38. The van der Waals surface area contributed by atoms with Crippen molar-refractivity contribution in [1.29, 1.82) is 0 Å². The number of para-hydroxylation sites is 1. The zero-order valence-electron chi connectivity index (χ0n) is 11.8. The first-order valence-electron chi connectivity index (χ1n) is 6.61. The third kappa shape index (κ3) is 1.92. The van der Waals surface area contributed by atoms with Gasteiger partial charge in [0.25, 0.3) is 5.91 Å². The van der Waals surface area contributed by atoms with Gasteiger partial charge in [0, 0.05) is 12.6 Å². The van der Waals surface area contributed by atoms with E-state index >= 15 is 0 Å². The Bertz CT molecular complexity index is 732. The molecule has 3 rings (SSSR count). The average Bonchev–Trinajstić information content (AvgIpc) is 2.69. The van der Waals surface area contributed by atoms with Crippen LogP contribution in [0.15, 0.2) is 47.5 Å². The Morgan fingerprint density at radius 1 is 1.00 bits per heavy atom. The number of likely N-dealkylation sites (N-methyl/N-ethyl adjacent to an activating group) is 1. The maximum absolute atomic E-state index is 12.3. The summed E-state index contributed by atoms with van der Waals surface area (Å²) in [6, 6.07) is 13.7. The molecule has 0 spiro atoms. The summed E-state index contributed by atoms with van der Waals surface area (Å²) < 4.78 is 0. The molecule has 0 bridgehead atoms. The van der Waals surface area contributed by atoms with Gasteiger partial charge in [-0.1, -0.05) is 24.3 Å². The van der Waals surface area contributed by atoms with E-state index in [0.717, 1.165) is 16.9 Å². The second-order valence-corrected chi connectivity index (χ2v) is 5.11. The lowest BCUT2D eigenvalue weighted by Crippen LogP contribution is -2.25. The highest BCUT2D eigenvalue weighted by atomic mass is 16.2. The Labute approximate surface area is 118 Å². The van der Waals surface area contributed by atoms with Crippen LogP contribution in [0.2, 0.25) is 0 Å². The second-order valence-electron chi connectivity index (χ2n) is 5.11. The second kappa shape index (κ2) is 4.60. The van der Waals surface area contributed by atoms with Gasteiger partial charge in [-0.25, -0.2) is 4.99 Å². The summed E-state index contributed by atoms with van der Waals surface area (Å²) in [6.07, 6.45) is 0. The highest BCUT2D eigenvalue weighted by molar-refractivity contribution is 6.54.